The number of hydrogen-bond acceptors (Lipinski definition) is 2. The van der Waals surface area contributed by atoms with Crippen molar-refractivity contribution in [2.75, 3.05) is 26.2 Å². The lowest BCUT2D eigenvalue weighted by atomic mass is 10.0. The Morgan fingerprint density at radius 2 is 1.64 bits per heavy atom. The standard InChI is InChI=1S/C12H22N2/c1-6-12(4,5)14-9-7-13(8-10-14)11(2)3/h1,11H,7-10H2,2-5H3. The van der Waals surface area contributed by atoms with E-state index in [9.17, 15) is 0 Å². The van der Waals surface area contributed by atoms with Gasteiger partial charge in [0.05, 0.1) is 5.54 Å². The predicted octanol–water partition coefficient (Wildman–Crippen LogP) is 1.42. The Morgan fingerprint density at radius 3 is 2.00 bits per heavy atom. The number of nitrogens with zero attached hydrogens (tertiary/aromatic N) is 2. The van der Waals surface area contributed by atoms with Gasteiger partial charge in [-0.3, -0.25) is 9.80 Å². The summed E-state index contributed by atoms with van der Waals surface area (Å²) < 4.78 is 0. The van der Waals surface area contributed by atoms with Gasteiger partial charge in [-0.25, -0.2) is 0 Å². The van der Waals surface area contributed by atoms with Gasteiger partial charge in [-0.15, -0.1) is 6.42 Å². The van der Waals surface area contributed by atoms with Gasteiger partial charge in [-0.1, -0.05) is 5.92 Å². The van der Waals surface area contributed by atoms with Crippen molar-refractivity contribution >= 4 is 0 Å². The van der Waals surface area contributed by atoms with Gasteiger partial charge in [0, 0.05) is 32.2 Å². The lowest BCUT2D eigenvalue weighted by Gasteiger charge is -2.42. The molecule has 0 radical (unpaired) electrons. The van der Waals surface area contributed by atoms with Crippen LogP contribution >= 0.6 is 0 Å². The predicted molar refractivity (Wildman–Crippen MR) is 61.2 cm³/mol. The number of hydrogen-bond donors (Lipinski definition) is 0. The van der Waals surface area contributed by atoms with E-state index in [0.29, 0.717) is 6.04 Å². The van der Waals surface area contributed by atoms with Crippen molar-refractivity contribution in [3.8, 4) is 12.3 Å². The second kappa shape index (κ2) is 4.33. The molecule has 2 heteroatoms. The fourth-order valence-corrected chi connectivity index (χ4v) is 1.89. The molecule has 80 valence electrons. The second-order valence-corrected chi connectivity index (χ2v) is 4.82. The molecule has 2 nitrogen and oxygen atoms in total. The Morgan fingerprint density at radius 1 is 1.14 bits per heavy atom. The summed E-state index contributed by atoms with van der Waals surface area (Å²) in [5, 5.41) is 0. The fourth-order valence-electron chi connectivity index (χ4n) is 1.89. The SMILES string of the molecule is C#CC(C)(C)N1CCN(C(C)C)CC1. The van der Waals surface area contributed by atoms with Gasteiger partial charge in [-0.05, 0) is 27.7 Å². The van der Waals surface area contributed by atoms with Crippen LogP contribution in [0.25, 0.3) is 0 Å². The van der Waals surface area contributed by atoms with Crippen molar-refractivity contribution in [3.63, 3.8) is 0 Å². The van der Waals surface area contributed by atoms with Crippen molar-refractivity contribution in [1.29, 1.82) is 0 Å². The molecule has 1 fully saturated rings. The Kier molecular flexibility index (Phi) is 3.58. The summed E-state index contributed by atoms with van der Waals surface area (Å²) in [4.78, 5) is 4.90. The maximum atomic E-state index is 5.53. The topological polar surface area (TPSA) is 6.48 Å². The minimum atomic E-state index is -0.0803. The van der Waals surface area contributed by atoms with Crippen molar-refractivity contribution < 1.29 is 0 Å². The van der Waals surface area contributed by atoms with Gasteiger partial charge in [0.25, 0.3) is 0 Å². The fraction of sp³-hybridized carbons (Fsp3) is 0.833. The maximum absolute atomic E-state index is 5.53. The van der Waals surface area contributed by atoms with Gasteiger partial charge < -0.3 is 0 Å². The number of rotatable bonds is 2. The van der Waals surface area contributed by atoms with Crippen LogP contribution in [-0.4, -0.2) is 47.6 Å². The Labute approximate surface area is 88.3 Å². The summed E-state index contributed by atoms with van der Waals surface area (Å²) in [6.07, 6.45) is 5.53. The molecule has 0 saturated carbocycles. The summed E-state index contributed by atoms with van der Waals surface area (Å²) in [7, 11) is 0. The molecule has 0 aromatic carbocycles. The minimum absolute atomic E-state index is 0.0803. The molecule has 0 aromatic heterocycles. The van der Waals surface area contributed by atoms with E-state index < -0.39 is 0 Å². The highest BCUT2D eigenvalue weighted by atomic mass is 15.3. The first kappa shape index (κ1) is 11.6. The third-order valence-electron chi connectivity index (χ3n) is 3.19. The molecule has 0 aliphatic carbocycles. The maximum Gasteiger partial charge on any atom is 0.0767 e. The van der Waals surface area contributed by atoms with E-state index in [1.165, 1.54) is 0 Å². The van der Waals surface area contributed by atoms with Crippen LogP contribution in [0.4, 0.5) is 0 Å². The number of piperazine rings is 1. The first-order chi connectivity index (χ1) is 6.47. The zero-order valence-electron chi connectivity index (χ0n) is 9.88. The van der Waals surface area contributed by atoms with E-state index in [1.807, 2.05) is 0 Å². The molecule has 0 N–H and O–H groups in total. The summed E-state index contributed by atoms with van der Waals surface area (Å²) in [5.41, 5.74) is -0.0803. The lowest BCUT2D eigenvalue weighted by molar-refractivity contribution is 0.0654. The van der Waals surface area contributed by atoms with Crippen LogP contribution in [-0.2, 0) is 0 Å². The molecular weight excluding hydrogens is 172 g/mol. The van der Waals surface area contributed by atoms with Crippen LogP contribution in [0.2, 0.25) is 0 Å². The van der Waals surface area contributed by atoms with Gasteiger partial charge in [0.1, 0.15) is 0 Å². The molecule has 0 aromatic rings. The highest BCUT2D eigenvalue weighted by Crippen LogP contribution is 2.16. The Balaban J connectivity index is 2.48. The molecule has 1 aliphatic heterocycles. The lowest BCUT2D eigenvalue weighted by Crippen LogP contribution is -2.55. The molecule has 14 heavy (non-hydrogen) atoms. The van der Waals surface area contributed by atoms with Gasteiger partial charge >= 0.3 is 0 Å². The molecule has 0 amide bonds. The van der Waals surface area contributed by atoms with E-state index in [0.717, 1.165) is 26.2 Å². The molecule has 1 rings (SSSR count). The van der Waals surface area contributed by atoms with Crippen LogP contribution in [0.3, 0.4) is 0 Å². The quantitative estimate of drug-likeness (QED) is 0.614. The number of terminal acetylenes is 1. The van der Waals surface area contributed by atoms with Crippen molar-refractivity contribution in [3.05, 3.63) is 0 Å². The molecule has 1 aliphatic rings. The average Bonchev–Trinajstić information content (AvgIpc) is 2.18. The summed E-state index contributed by atoms with van der Waals surface area (Å²) >= 11 is 0. The van der Waals surface area contributed by atoms with E-state index in [1.54, 1.807) is 0 Å². The largest absolute Gasteiger partial charge is 0.298 e. The third-order valence-corrected chi connectivity index (χ3v) is 3.19. The zero-order valence-corrected chi connectivity index (χ0v) is 9.88. The first-order valence-corrected chi connectivity index (χ1v) is 5.44. The van der Waals surface area contributed by atoms with Crippen molar-refractivity contribution in [2.45, 2.75) is 39.3 Å². The van der Waals surface area contributed by atoms with Crippen LogP contribution in [0, 0.1) is 12.3 Å². The van der Waals surface area contributed by atoms with Crippen molar-refractivity contribution in [1.82, 2.24) is 9.80 Å². The highest BCUT2D eigenvalue weighted by molar-refractivity contribution is 5.09. The average molecular weight is 194 g/mol. The van der Waals surface area contributed by atoms with E-state index >= 15 is 0 Å². The zero-order chi connectivity index (χ0) is 10.8. The Hall–Kier alpha value is -0.520. The van der Waals surface area contributed by atoms with E-state index in [-0.39, 0.29) is 5.54 Å². The van der Waals surface area contributed by atoms with Crippen LogP contribution < -0.4 is 0 Å². The highest BCUT2D eigenvalue weighted by Gasteiger charge is 2.28. The third kappa shape index (κ3) is 2.50. The molecule has 0 atom stereocenters. The smallest absolute Gasteiger partial charge is 0.0767 e. The van der Waals surface area contributed by atoms with Crippen LogP contribution in [0.15, 0.2) is 0 Å². The minimum Gasteiger partial charge on any atom is -0.298 e. The van der Waals surface area contributed by atoms with Crippen LogP contribution in [0.5, 0.6) is 0 Å². The summed E-state index contributed by atoms with van der Waals surface area (Å²) in [6.45, 7) is 13.2. The first-order valence-electron chi connectivity index (χ1n) is 5.44. The molecule has 1 saturated heterocycles. The van der Waals surface area contributed by atoms with Crippen molar-refractivity contribution in [2.24, 2.45) is 0 Å². The molecule has 0 spiro atoms. The normalized spacial score (nSPS) is 21.1. The van der Waals surface area contributed by atoms with E-state index in [2.05, 4.69) is 43.4 Å². The monoisotopic (exact) mass is 194 g/mol. The van der Waals surface area contributed by atoms with E-state index in [4.69, 9.17) is 6.42 Å². The van der Waals surface area contributed by atoms with Gasteiger partial charge in [0.15, 0.2) is 0 Å². The molecule has 0 unspecified atom stereocenters. The van der Waals surface area contributed by atoms with Gasteiger partial charge in [-0.2, -0.15) is 0 Å². The second-order valence-electron chi connectivity index (χ2n) is 4.82. The molecule has 1 heterocycles. The van der Waals surface area contributed by atoms with Gasteiger partial charge in [0.2, 0.25) is 0 Å². The van der Waals surface area contributed by atoms with Crippen LogP contribution in [0.1, 0.15) is 27.7 Å². The molecular formula is C12H22N2. The summed E-state index contributed by atoms with van der Waals surface area (Å²) in [6, 6.07) is 0.658. The summed E-state index contributed by atoms with van der Waals surface area (Å²) in [5.74, 6) is 2.86. The Bertz CT molecular complexity index is 217. The molecule has 0 bridgehead atoms.